The van der Waals surface area contributed by atoms with Crippen LogP contribution in [0.15, 0.2) is 59.5 Å². The number of nitrogens with zero attached hydrogens (tertiary/aromatic N) is 2. The van der Waals surface area contributed by atoms with Gasteiger partial charge in [-0.15, -0.1) is 11.8 Å². The van der Waals surface area contributed by atoms with E-state index < -0.39 is 6.04 Å². The highest BCUT2D eigenvalue weighted by Crippen LogP contribution is 2.23. The van der Waals surface area contributed by atoms with Gasteiger partial charge in [-0.3, -0.25) is 9.89 Å². The molecule has 0 unspecified atom stereocenters. The normalized spacial score (nSPS) is 11.9. The first kappa shape index (κ1) is 16.3. The van der Waals surface area contributed by atoms with Gasteiger partial charge in [-0.2, -0.15) is 5.10 Å². The number of hydrogen-bond acceptors (Lipinski definition) is 4. The number of carbonyl (C=O) groups is 1. The Hall–Kier alpha value is -2.60. The number of amides is 1. The maximum Gasteiger partial charge on any atom is 0.253 e. The standard InChI is InChI=1S/C18H18N4OS/c1-12-19-17(22-21-12)16(13-8-4-3-5-9-13)20-18(23)14-10-6-7-11-15(14)24-2/h3-11,16H,1-2H3,(H,20,23)(H,19,21,22)/t16-/m1/s1. The van der Waals surface area contributed by atoms with Crippen molar-refractivity contribution < 1.29 is 4.79 Å². The first-order chi connectivity index (χ1) is 11.7. The molecule has 3 rings (SSSR count). The Bertz CT molecular complexity index is 832. The molecule has 24 heavy (non-hydrogen) atoms. The van der Waals surface area contributed by atoms with Gasteiger partial charge in [0.15, 0.2) is 5.82 Å². The third-order valence-electron chi connectivity index (χ3n) is 3.63. The highest BCUT2D eigenvalue weighted by Gasteiger charge is 2.22. The van der Waals surface area contributed by atoms with E-state index >= 15 is 0 Å². The lowest BCUT2D eigenvalue weighted by Gasteiger charge is -2.17. The van der Waals surface area contributed by atoms with Gasteiger partial charge in [0.05, 0.1) is 5.56 Å². The van der Waals surface area contributed by atoms with Crippen LogP contribution in [0.2, 0.25) is 0 Å². The van der Waals surface area contributed by atoms with Crippen LogP contribution in [-0.4, -0.2) is 27.3 Å². The summed E-state index contributed by atoms with van der Waals surface area (Å²) < 4.78 is 0. The monoisotopic (exact) mass is 338 g/mol. The second-order valence-electron chi connectivity index (χ2n) is 5.30. The van der Waals surface area contributed by atoms with Crippen molar-refractivity contribution in [3.05, 3.63) is 77.4 Å². The van der Waals surface area contributed by atoms with Crippen LogP contribution in [-0.2, 0) is 0 Å². The Morgan fingerprint density at radius 2 is 1.83 bits per heavy atom. The summed E-state index contributed by atoms with van der Waals surface area (Å²) in [6, 6.07) is 16.9. The minimum atomic E-state index is -0.404. The summed E-state index contributed by atoms with van der Waals surface area (Å²) in [5.41, 5.74) is 1.59. The van der Waals surface area contributed by atoms with E-state index in [2.05, 4.69) is 20.5 Å². The molecule has 1 heterocycles. The topological polar surface area (TPSA) is 70.7 Å². The summed E-state index contributed by atoms with van der Waals surface area (Å²) in [7, 11) is 0. The van der Waals surface area contributed by atoms with Crippen molar-refractivity contribution >= 4 is 17.7 Å². The first-order valence-corrected chi connectivity index (χ1v) is 8.79. The predicted octanol–water partition coefficient (Wildman–Crippen LogP) is 3.35. The van der Waals surface area contributed by atoms with Crippen LogP contribution in [0.1, 0.15) is 33.6 Å². The molecule has 122 valence electrons. The van der Waals surface area contributed by atoms with E-state index in [1.165, 1.54) is 0 Å². The zero-order chi connectivity index (χ0) is 16.9. The lowest BCUT2D eigenvalue weighted by atomic mass is 10.1. The van der Waals surface area contributed by atoms with Crippen LogP contribution >= 0.6 is 11.8 Å². The van der Waals surface area contributed by atoms with E-state index in [9.17, 15) is 4.79 Å². The van der Waals surface area contributed by atoms with Crippen molar-refractivity contribution in [2.24, 2.45) is 0 Å². The van der Waals surface area contributed by atoms with Gasteiger partial charge in [0.25, 0.3) is 5.91 Å². The highest BCUT2D eigenvalue weighted by atomic mass is 32.2. The van der Waals surface area contributed by atoms with E-state index in [0.29, 0.717) is 17.2 Å². The molecular weight excluding hydrogens is 320 g/mol. The van der Waals surface area contributed by atoms with E-state index in [1.807, 2.05) is 67.8 Å². The Balaban J connectivity index is 1.94. The number of nitrogens with one attached hydrogen (secondary N) is 2. The summed E-state index contributed by atoms with van der Waals surface area (Å²) in [5, 5.41) is 10.1. The minimum Gasteiger partial charge on any atom is -0.338 e. The third kappa shape index (κ3) is 3.49. The van der Waals surface area contributed by atoms with Gasteiger partial charge in [0.1, 0.15) is 11.9 Å². The molecule has 0 aliphatic rings. The Labute approximate surface area is 144 Å². The second kappa shape index (κ2) is 7.31. The van der Waals surface area contributed by atoms with Crippen molar-refractivity contribution in [1.82, 2.24) is 20.5 Å². The summed E-state index contributed by atoms with van der Waals surface area (Å²) in [5.74, 6) is 1.12. The fraction of sp³-hybridized carbons (Fsp3) is 0.167. The fourth-order valence-corrected chi connectivity index (χ4v) is 3.07. The number of aryl methyl sites for hydroxylation is 1. The molecule has 1 atom stereocenters. The summed E-state index contributed by atoms with van der Waals surface area (Å²) >= 11 is 1.55. The van der Waals surface area contributed by atoms with Crippen LogP contribution in [0.5, 0.6) is 0 Å². The zero-order valence-electron chi connectivity index (χ0n) is 13.5. The summed E-state index contributed by atoms with van der Waals surface area (Å²) in [6.45, 7) is 1.84. The molecule has 3 aromatic rings. The number of carbonyl (C=O) groups excluding carboxylic acids is 1. The lowest BCUT2D eigenvalue weighted by Crippen LogP contribution is -2.30. The van der Waals surface area contributed by atoms with Crippen molar-refractivity contribution in [2.45, 2.75) is 17.9 Å². The number of rotatable bonds is 5. The highest BCUT2D eigenvalue weighted by molar-refractivity contribution is 7.98. The Kier molecular flexibility index (Phi) is 4.96. The van der Waals surface area contributed by atoms with Gasteiger partial charge in [0.2, 0.25) is 0 Å². The van der Waals surface area contributed by atoms with Gasteiger partial charge < -0.3 is 5.32 Å². The maximum atomic E-state index is 12.8. The molecule has 0 fully saturated rings. The van der Waals surface area contributed by atoms with Crippen molar-refractivity contribution in [3.63, 3.8) is 0 Å². The summed E-state index contributed by atoms with van der Waals surface area (Å²) in [4.78, 5) is 18.1. The van der Waals surface area contributed by atoms with Crippen LogP contribution in [0.4, 0.5) is 0 Å². The molecule has 2 N–H and O–H groups in total. The van der Waals surface area contributed by atoms with Gasteiger partial charge >= 0.3 is 0 Å². The SMILES string of the molecule is CSc1ccccc1C(=O)N[C@H](c1ccccc1)c1n[nH]c(C)n1. The number of hydrogen-bond donors (Lipinski definition) is 2. The number of aromatic amines is 1. The molecule has 0 radical (unpaired) electrons. The van der Waals surface area contributed by atoms with Gasteiger partial charge in [0, 0.05) is 4.90 Å². The van der Waals surface area contributed by atoms with E-state index in [-0.39, 0.29) is 5.91 Å². The van der Waals surface area contributed by atoms with E-state index in [0.717, 1.165) is 10.5 Å². The zero-order valence-corrected chi connectivity index (χ0v) is 14.3. The molecule has 0 aliphatic carbocycles. The molecule has 6 heteroatoms. The molecule has 0 spiro atoms. The molecule has 2 aromatic carbocycles. The minimum absolute atomic E-state index is 0.142. The van der Waals surface area contributed by atoms with Crippen molar-refractivity contribution in [1.29, 1.82) is 0 Å². The Morgan fingerprint density at radius 3 is 2.50 bits per heavy atom. The molecule has 1 aromatic heterocycles. The maximum absolute atomic E-state index is 12.8. The number of H-pyrrole nitrogens is 1. The van der Waals surface area contributed by atoms with E-state index in [4.69, 9.17) is 0 Å². The largest absolute Gasteiger partial charge is 0.338 e. The number of thioether (sulfide) groups is 1. The van der Waals surface area contributed by atoms with Crippen molar-refractivity contribution in [3.8, 4) is 0 Å². The average Bonchev–Trinajstić information content (AvgIpc) is 3.06. The fourth-order valence-electron chi connectivity index (χ4n) is 2.47. The second-order valence-corrected chi connectivity index (χ2v) is 6.14. The Morgan fingerprint density at radius 1 is 1.12 bits per heavy atom. The molecule has 0 saturated heterocycles. The third-order valence-corrected chi connectivity index (χ3v) is 4.43. The van der Waals surface area contributed by atoms with Crippen LogP contribution < -0.4 is 5.32 Å². The number of aromatic nitrogens is 3. The van der Waals surface area contributed by atoms with Crippen molar-refractivity contribution in [2.75, 3.05) is 6.26 Å². The van der Waals surface area contributed by atoms with E-state index in [1.54, 1.807) is 11.8 Å². The van der Waals surface area contributed by atoms with Crippen LogP contribution in [0, 0.1) is 6.92 Å². The quantitative estimate of drug-likeness (QED) is 0.700. The predicted molar refractivity (Wildman–Crippen MR) is 95.1 cm³/mol. The molecular formula is C18H18N4OS. The van der Waals surface area contributed by atoms with Gasteiger partial charge in [-0.25, -0.2) is 4.98 Å². The average molecular weight is 338 g/mol. The molecule has 0 saturated carbocycles. The van der Waals surface area contributed by atoms with Gasteiger partial charge in [-0.05, 0) is 30.9 Å². The lowest BCUT2D eigenvalue weighted by molar-refractivity contribution is 0.0938. The van der Waals surface area contributed by atoms with Crippen LogP contribution in [0.3, 0.4) is 0 Å². The molecule has 1 amide bonds. The molecule has 5 nitrogen and oxygen atoms in total. The first-order valence-electron chi connectivity index (χ1n) is 7.56. The molecule has 0 bridgehead atoms. The molecule has 0 aliphatic heterocycles. The summed E-state index contributed by atoms with van der Waals surface area (Å²) in [6.07, 6.45) is 1.96. The van der Waals surface area contributed by atoms with Crippen LogP contribution in [0.25, 0.3) is 0 Å². The smallest absolute Gasteiger partial charge is 0.253 e. The van der Waals surface area contributed by atoms with Gasteiger partial charge in [-0.1, -0.05) is 42.5 Å². The number of benzene rings is 2.